The van der Waals surface area contributed by atoms with Crippen LogP contribution in [-0.4, -0.2) is 41.1 Å². The lowest BCUT2D eigenvalue weighted by molar-refractivity contribution is 0.562. The molecule has 0 radical (unpaired) electrons. The number of anilines is 2. The van der Waals surface area contributed by atoms with Crippen LogP contribution in [0.2, 0.25) is 5.02 Å². The van der Waals surface area contributed by atoms with E-state index in [0.29, 0.717) is 5.02 Å². The van der Waals surface area contributed by atoms with Crippen molar-refractivity contribution in [2.24, 2.45) is 0 Å². The van der Waals surface area contributed by atoms with Crippen molar-refractivity contribution in [2.75, 3.05) is 36.0 Å². The molecule has 0 atom stereocenters. The lowest BCUT2D eigenvalue weighted by Crippen LogP contribution is -2.34. The van der Waals surface area contributed by atoms with Gasteiger partial charge in [-0.2, -0.15) is 4.98 Å². The monoisotopic (exact) mass is 381 g/mol. The van der Waals surface area contributed by atoms with Gasteiger partial charge in [-0.3, -0.25) is 0 Å². The first-order valence-corrected chi connectivity index (χ1v) is 10.4. The number of benzene rings is 1. The number of fused-ring (bicyclic) bond motifs is 2. The number of hydrogen-bond donors (Lipinski definition) is 0. The molecule has 0 spiro atoms. The number of halogens is 1. The molecule has 0 saturated carbocycles. The van der Waals surface area contributed by atoms with E-state index in [2.05, 4.69) is 9.80 Å². The largest absolute Gasteiger partial charge is 0.355 e. The van der Waals surface area contributed by atoms with E-state index in [4.69, 9.17) is 26.6 Å². The summed E-state index contributed by atoms with van der Waals surface area (Å²) in [7, 11) is 0. The van der Waals surface area contributed by atoms with Crippen LogP contribution in [-0.2, 0) is 0 Å². The van der Waals surface area contributed by atoms with Gasteiger partial charge >= 0.3 is 0 Å². The number of hydrogen-bond acceptors (Lipinski definition) is 5. The van der Waals surface area contributed by atoms with Crippen LogP contribution < -0.4 is 9.80 Å². The maximum Gasteiger partial charge on any atom is 0.228 e. The quantitative estimate of drug-likeness (QED) is 0.596. The van der Waals surface area contributed by atoms with E-state index >= 15 is 0 Å². The number of pyridine rings is 1. The molecule has 0 bridgehead atoms. The van der Waals surface area contributed by atoms with Gasteiger partial charge < -0.3 is 9.80 Å². The Morgan fingerprint density at radius 1 is 0.704 bits per heavy atom. The maximum absolute atomic E-state index is 6.83. The molecular weight excluding hydrogens is 358 g/mol. The van der Waals surface area contributed by atoms with E-state index in [9.17, 15) is 0 Å². The Hall–Kier alpha value is -2.14. The smallest absolute Gasteiger partial charge is 0.228 e. The van der Waals surface area contributed by atoms with Gasteiger partial charge in [0.05, 0.1) is 10.5 Å². The van der Waals surface area contributed by atoms with Gasteiger partial charge in [-0.25, -0.2) is 9.97 Å². The molecule has 2 aliphatic rings. The standard InChI is InChI=1S/C21H24ClN5/c22-17-15-9-3-4-10-16(15)23-19-18(17)24-21(27-13-7-2-8-14-27)25-20(19)26-11-5-1-6-12-26/h3-4,9-10H,1-2,5-8,11-14H2. The predicted molar refractivity (Wildman–Crippen MR) is 112 cm³/mol. The van der Waals surface area contributed by atoms with Crippen LogP contribution in [0.25, 0.3) is 21.9 Å². The Morgan fingerprint density at radius 2 is 1.37 bits per heavy atom. The molecule has 0 unspecified atom stereocenters. The zero-order chi connectivity index (χ0) is 18.2. The van der Waals surface area contributed by atoms with E-state index in [1.54, 1.807) is 0 Å². The van der Waals surface area contributed by atoms with Crippen molar-refractivity contribution in [1.82, 2.24) is 15.0 Å². The van der Waals surface area contributed by atoms with Crippen LogP contribution in [0.4, 0.5) is 11.8 Å². The van der Waals surface area contributed by atoms with Crippen molar-refractivity contribution >= 4 is 45.3 Å². The van der Waals surface area contributed by atoms with Crippen LogP contribution in [0.5, 0.6) is 0 Å². The van der Waals surface area contributed by atoms with Crippen molar-refractivity contribution in [3.8, 4) is 0 Å². The Morgan fingerprint density at radius 3 is 2.11 bits per heavy atom. The van der Waals surface area contributed by atoms with E-state index < -0.39 is 0 Å². The van der Waals surface area contributed by atoms with Crippen molar-refractivity contribution in [2.45, 2.75) is 38.5 Å². The van der Waals surface area contributed by atoms with Crippen molar-refractivity contribution < 1.29 is 0 Å². The summed E-state index contributed by atoms with van der Waals surface area (Å²) in [6.45, 7) is 4.09. The van der Waals surface area contributed by atoms with Gasteiger partial charge in [0.1, 0.15) is 11.0 Å². The van der Waals surface area contributed by atoms with Crippen molar-refractivity contribution in [3.05, 3.63) is 29.3 Å². The summed E-state index contributed by atoms with van der Waals surface area (Å²) in [6.07, 6.45) is 7.37. The van der Waals surface area contributed by atoms with Crippen LogP contribution in [0, 0.1) is 0 Å². The number of para-hydroxylation sites is 1. The molecule has 5 rings (SSSR count). The average Bonchev–Trinajstić information content (AvgIpc) is 2.75. The molecule has 0 N–H and O–H groups in total. The van der Waals surface area contributed by atoms with Gasteiger partial charge in [-0.05, 0) is 44.6 Å². The van der Waals surface area contributed by atoms with Crippen LogP contribution in [0.1, 0.15) is 38.5 Å². The minimum absolute atomic E-state index is 0.689. The number of piperidine rings is 2. The second kappa shape index (κ2) is 7.12. The molecule has 27 heavy (non-hydrogen) atoms. The number of rotatable bonds is 2. The Kier molecular flexibility index (Phi) is 4.48. The normalized spacial score (nSPS) is 18.4. The Bertz CT molecular complexity index is 977. The molecule has 2 saturated heterocycles. The molecule has 4 heterocycles. The lowest BCUT2D eigenvalue weighted by Gasteiger charge is -2.31. The molecular formula is C21H24ClN5. The molecule has 3 aromatic rings. The van der Waals surface area contributed by atoms with E-state index in [1.165, 1.54) is 38.5 Å². The summed E-state index contributed by atoms with van der Waals surface area (Å²) < 4.78 is 0. The predicted octanol–water partition coefficient (Wildman–Crippen LogP) is 4.81. The molecule has 0 aliphatic carbocycles. The van der Waals surface area contributed by atoms with E-state index in [-0.39, 0.29) is 0 Å². The molecule has 6 heteroatoms. The van der Waals surface area contributed by atoms with Gasteiger partial charge in [0.2, 0.25) is 5.95 Å². The van der Waals surface area contributed by atoms with E-state index in [1.807, 2.05) is 24.3 Å². The zero-order valence-corrected chi connectivity index (χ0v) is 16.3. The first-order valence-electron chi connectivity index (χ1n) is 10.1. The minimum atomic E-state index is 0.689. The summed E-state index contributed by atoms with van der Waals surface area (Å²) in [5, 5.41) is 1.65. The fraction of sp³-hybridized carbons (Fsp3) is 0.476. The molecule has 5 nitrogen and oxygen atoms in total. The van der Waals surface area contributed by atoms with Crippen LogP contribution in [0.15, 0.2) is 24.3 Å². The van der Waals surface area contributed by atoms with Gasteiger partial charge in [0.25, 0.3) is 0 Å². The Labute approximate surface area is 164 Å². The third-order valence-electron chi connectivity index (χ3n) is 5.73. The van der Waals surface area contributed by atoms with Crippen molar-refractivity contribution in [1.29, 1.82) is 0 Å². The maximum atomic E-state index is 6.83. The first kappa shape index (κ1) is 17.0. The molecule has 2 aliphatic heterocycles. The number of nitrogens with zero attached hydrogens (tertiary/aromatic N) is 5. The summed E-state index contributed by atoms with van der Waals surface area (Å²) in [5.74, 6) is 1.76. The van der Waals surface area contributed by atoms with Crippen LogP contribution in [0.3, 0.4) is 0 Å². The summed E-state index contributed by atoms with van der Waals surface area (Å²) >= 11 is 6.83. The molecule has 2 aromatic heterocycles. The van der Waals surface area contributed by atoms with Gasteiger partial charge in [-0.1, -0.05) is 29.8 Å². The van der Waals surface area contributed by atoms with E-state index in [0.717, 1.165) is 59.9 Å². The summed E-state index contributed by atoms with van der Waals surface area (Å²) in [5.41, 5.74) is 2.52. The Balaban J connectivity index is 1.74. The first-order chi connectivity index (χ1) is 13.3. The molecule has 140 valence electrons. The van der Waals surface area contributed by atoms with Crippen molar-refractivity contribution in [3.63, 3.8) is 0 Å². The fourth-order valence-corrected chi connectivity index (χ4v) is 4.55. The number of aromatic nitrogens is 3. The third kappa shape index (κ3) is 3.08. The van der Waals surface area contributed by atoms with Gasteiger partial charge in [-0.15, -0.1) is 0 Å². The fourth-order valence-electron chi connectivity index (χ4n) is 4.25. The summed E-state index contributed by atoms with van der Waals surface area (Å²) in [4.78, 5) is 19.5. The minimum Gasteiger partial charge on any atom is -0.355 e. The second-order valence-corrected chi connectivity index (χ2v) is 7.96. The van der Waals surface area contributed by atoms with Gasteiger partial charge in [0.15, 0.2) is 5.82 Å². The highest BCUT2D eigenvalue weighted by atomic mass is 35.5. The highest BCUT2D eigenvalue weighted by molar-refractivity contribution is 6.40. The van der Waals surface area contributed by atoms with Gasteiger partial charge in [0, 0.05) is 31.6 Å². The SMILES string of the molecule is Clc1c2ccccc2nc2c(N3CCCCC3)nc(N3CCCCC3)nc12. The zero-order valence-electron chi connectivity index (χ0n) is 15.5. The summed E-state index contributed by atoms with van der Waals surface area (Å²) in [6, 6.07) is 8.04. The molecule has 1 aromatic carbocycles. The highest BCUT2D eigenvalue weighted by Gasteiger charge is 2.23. The highest BCUT2D eigenvalue weighted by Crippen LogP contribution is 2.35. The second-order valence-electron chi connectivity index (χ2n) is 7.58. The van der Waals surface area contributed by atoms with Crippen LogP contribution >= 0.6 is 11.6 Å². The topological polar surface area (TPSA) is 45.2 Å². The third-order valence-corrected chi connectivity index (χ3v) is 6.11. The lowest BCUT2D eigenvalue weighted by atomic mass is 10.1. The molecule has 0 amide bonds. The average molecular weight is 382 g/mol. The molecule has 2 fully saturated rings.